The van der Waals surface area contributed by atoms with Crippen LogP contribution in [0, 0.1) is 0 Å². The minimum Gasteiger partial charge on any atom is -0.497 e. The Morgan fingerprint density at radius 3 is 2.20 bits per heavy atom. The molecule has 0 saturated carbocycles. The third-order valence-corrected chi connectivity index (χ3v) is 9.46. The Hall–Kier alpha value is -3.86. The molecule has 1 N–H and O–H groups in total. The average molecular weight is 699 g/mol. The Morgan fingerprint density at radius 1 is 0.909 bits per heavy atom. The van der Waals surface area contributed by atoms with Crippen molar-refractivity contribution in [2.45, 2.75) is 30.8 Å². The lowest BCUT2D eigenvalue weighted by atomic mass is 10.0. The van der Waals surface area contributed by atoms with Gasteiger partial charge in [-0.15, -0.1) is 0 Å². The highest BCUT2D eigenvalue weighted by atomic mass is 79.9. The Labute approximate surface area is 271 Å². The van der Waals surface area contributed by atoms with E-state index < -0.39 is 28.5 Å². The number of anilines is 1. The second kappa shape index (κ2) is 15.2. The summed E-state index contributed by atoms with van der Waals surface area (Å²) in [5, 5.41) is 3.16. The maximum atomic E-state index is 14.4. The van der Waals surface area contributed by atoms with Crippen LogP contribution in [0.15, 0.2) is 112 Å². The van der Waals surface area contributed by atoms with E-state index in [4.69, 9.17) is 16.3 Å². The fourth-order valence-electron chi connectivity index (χ4n) is 4.67. The van der Waals surface area contributed by atoms with Crippen molar-refractivity contribution in [3.8, 4) is 5.75 Å². The number of sulfonamides is 1. The van der Waals surface area contributed by atoms with E-state index in [2.05, 4.69) is 21.2 Å². The van der Waals surface area contributed by atoms with Gasteiger partial charge in [-0.1, -0.05) is 76.1 Å². The van der Waals surface area contributed by atoms with Crippen molar-refractivity contribution in [3.05, 3.63) is 124 Å². The van der Waals surface area contributed by atoms with Gasteiger partial charge in [0, 0.05) is 29.0 Å². The summed E-state index contributed by atoms with van der Waals surface area (Å²) in [6, 6.07) is 28.1. The molecule has 0 spiro atoms. The van der Waals surface area contributed by atoms with Crippen molar-refractivity contribution in [1.82, 2.24) is 10.2 Å². The first kappa shape index (κ1) is 33.0. The largest absolute Gasteiger partial charge is 0.497 e. The van der Waals surface area contributed by atoms with E-state index in [1.165, 1.54) is 42.3 Å². The third-order valence-electron chi connectivity index (χ3n) is 6.91. The number of benzene rings is 4. The third kappa shape index (κ3) is 8.40. The summed E-state index contributed by atoms with van der Waals surface area (Å²) in [6.45, 7) is 1.67. The van der Waals surface area contributed by atoms with Gasteiger partial charge in [-0.2, -0.15) is 0 Å². The highest BCUT2D eigenvalue weighted by molar-refractivity contribution is 9.10. The van der Waals surface area contributed by atoms with Crippen LogP contribution in [0.5, 0.6) is 5.75 Å². The molecule has 0 aliphatic carbocycles. The normalized spacial score (nSPS) is 11.8. The average Bonchev–Trinajstić information content (AvgIpc) is 3.02. The van der Waals surface area contributed by atoms with Gasteiger partial charge in [0.1, 0.15) is 18.3 Å². The lowest BCUT2D eigenvalue weighted by Crippen LogP contribution is -2.53. The Balaban J connectivity index is 1.79. The molecule has 2 amide bonds. The highest BCUT2D eigenvalue weighted by Crippen LogP contribution is 2.28. The molecular formula is C33H33BrClN3O5S. The van der Waals surface area contributed by atoms with Gasteiger partial charge in [0.2, 0.25) is 11.8 Å². The van der Waals surface area contributed by atoms with Crippen molar-refractivity contribution in [2.24, 2.45) is 0 Å². The van der Waals surface area contributed by atoms with Gasteiger partial charge in [-0.3, -0.25) is 13.9 Å². The van der Waals surface area contributed by atoms with Crippen LogP contribution in [0.1, 0.15) is 18.1 Å². The van der Waals surface area contributed by atoms with Crippen LogP contribution in [-0.2, 0) is 32.6 Å². The highest BCUT2D eigenvalue weighted by Gasteiger charge is 2.34. The fourth-order valence-corrected chi connectivity index (χ4v) is 6.52. The van der Waals surface area contributed by atoms with E-state index in [0.29, 0.717) is 17.3 Å². The van der Waals surface area contributed by atoms with Crippen LogP contribution in [0.4, 0.5) is 5.69 Å². The maximum Gasteiger partial charge on any atom is 0.264 e. The summed E-state index contributed by atoms with van der Waals surface area (Å²) in [5.41, 5.74) is 1.84. The number of carbonyl (C=O) groups is 2. The molecule has 230 valence electrons. The van der Waals surface area contributed by atoms with Crippen LogP contribution >= 0.6 is 27.5 Å². The SMILES string of the molecule is CCNC(=O)[C@H](Cc1ccccc1)N(Cc1ccc(Br)cc1)C(=O)CN(c1cccc(Cl)c1)S(=O)(=O)c1ccc(OC)cc1. The summed E-state index contributed by atoms with van der Waals surface area (Å²) in [7, 11) is -2.77. The van der Waals surface area contributed by atoms with Crippen LogP contribution in [0.3, 0.4) is 0 Å². The number of ether oxygens (including phenoxy) is 1. The molecule has 4 aromatic rings. The van der Waals surface area contributed by atoms with E-state index in [-0.39, 0.29) is 29.5 Å². The molecule has 0 aliphatic rings. The topological polar surface area (TPSA) is 96.0 Å². The van der Waals surface area contributed by atoms with Gasteiger partial charge >= 0.3 is 0 Å². The fraction of sp³-hybridized carbons (Fsp3) is 0.212. The predicted molar refractivity (Wildman–Crippen MR) is 176 cm³/mol. The summed E-state index contributed by atoms with van der Waals surface area (Å²) in [5.74, 6) is -0.410. The number of nitrogens with one attached hydrogen (secondary N) is 1. The van der Waals surface area contributed by atoms with E-state index >= 15 is 0 Å². The molecule has 0 unspecified atom stereocenters. The maximum absolute atomic E-state index is 14.4. The lowest BCUT2D eigenvalue weighted by molar-refractivity contribution is -0.140. The van der Waals surface area contributed by atoms with Crippen molar-refractivity contribution in [3.63, 3.8) is 0 Å². The number of nitrogens with zero attached hydrogens (tertiary/aromatic N) is 2. The number of likely N-dealkylation sites (N-methyl/N-ethyl adjacent to an activating group) is 1. The molecule has 0 bridgehead atoms. The molecule has 0 aromatic heterocycles. The van der Waals surface area contributed by atoms with Crippen LogP contribution in [-0.4, -0.2) is 51.4 Å². The quantitative estimate of drug-likeness (QED) is 0.183. The Bertz CT molecular complexity index is 1670. The van der Waals surface area contributed by atoms with E-state index in [1.807, 2.05) is 54.6 Å². The molecule has 0 heterocycles. The van der Waals surface area contributed by atoms with Gasteiger partial charge in [0.15, 0.2) is 0 Å². The molecule has 1 atom stereocenters. The minimum absolute atomic E-state index is 0.0323. The number of hydrogen-bond acceptors (Lipinski definition) is 5. The van der Waals surface area contributed by atoms with Crippen molar-refractivity contribution in [2.75, 3.05) is 24.5 Å². The number of methoxy groups -OCH3 is 1. The molecular weight excluding hydrogens is 666 g/mol. The van der Waals surface area contributed by atoms with Crippen molar-refractivity contribution < 1.29 is 22.7 Å². The van der Waals surface area contributed by atoms with Crippen LogP contribution < -0.4 is 14.4 Å². The summed E-state index contributed by atoms with van der Waals surface area (Å²) in [4.78, 5) is 29.3. The van der Waals surface area contributed by atoms with Crippen LogP contribution in [0.25, 0.3) is 0 Å². The van der Waals surface area contributed by atoms with E-state index in [9.17, 15) is 18.0 Å². The first-order valence-electron chi connectivity index (χ1n) is 13.9. The number of hydrogen-bond donors (Lipinski definition) is 1. The molecule has 4 rings (SSSR count). The molecule has 0 aliphatic heterocycles. The Kier molecular flexibility index (Phi) is 11.4. The smallest absolute Gasteiger partial charge is 0.264 e. The molecule has 44 heavy (non-hydrogen) atoms. The van der Waals surface area contributed by atoms with Gasteiger partial charge in [0.05, 0.1) is 17.7 Å². The standard InChI is InChI=1S/C33H33BrClN3O5S/c1-3-36-33(40)31(20-24-8-5-4-6-9-24)37(22-25-12-14-26(34)15-13-25)32(39)23-38(28-11-7-10-27(35)21-28)44(41,42)30-18-16-29(43-2)17-19-30/h4-19,21,31H,3,20,22-23H2,1-2H3,(H,36,40)/t31-/m0/s1. The molecule has 0 radical (unpaired) electrons. The molecule has 11 heteroatoms. The second-order valence-corrected chi connectivity index (χ2v) is 13.1. The molecule has 0 fully saturated rings. The molecule has 8 nitrogen and oxygen atoms in total. The van der Waals surface area contributed by atoms with E-state index in [0.717, 1.165) is 19.9 Å². The monoisotopic (exact) mass is 697 g/mol. The zero-order valence-corrected chi connectivity index (χ0v) is 27.5. The summed E-state index contributed by atoms with van der Waals surface area (Å²) >= 11 is 9.71. The van der Waals surface area contributed by atoms with Gasteiger partial charge in [-0.05, 0) is 72.6 Å². The predicted octanol–water partition coefficient (Wildman–Crippen LogP) is 6.08. The van der Waals surface area contributed by atoms with Gasteiger partial charge < -0.3 is 15.0 Å². The second-order valence-electron chi connectivity index (χ2n) is 9.92. The Morgan fingerprint density at radius 2 is 1.59 bits per heavy atom. The number of amides is 2. The number of rotatable bonds is 13. The first-order valence-corrected chi connectivity index (χ1v) is 16.5. The van der Waals surface area contributed by atoms with Gasteiger partial charge in [0.25, 0.3) is 10.0 Å². The zero-order valence-electron chi connectivity index (χ0n) is 24.3. The minimum atomic E-state index is -4.25. The van der Waals surface area contributed by atoms with Crippen molar-refractivity contribution >= 4 is 55.1 Å². The number of carbonyl (C=O) groups excluding carboxylic acids is 2. The van der Waals surface area contributed by atoms with Crippen LogP contribution in [0.2, 0.25) is 5.02 Å². The zero-order chi connectivity index (χ0) is 31.7. The molecule has 4 aromatic carbocycles. The lowest BCUT2D eigenvalue weighted by Gasteiger charge is -2.34. The van der Waals surface area contributed by atoms with Crippen molar-refractivity contribution in [1.29, 1.82) is 0 Å². The number of halogens is 2. The summed E-state index contributed by atoms with van der Waals surface area (Å²) in [6.07, 6.45) is 0.233. The summed E-state index contributed by atoms with van der Waals surface area (Å²) < 4.78 is 35.2. The first-order chi connectivity index (χ1) is 21.1. The van der Waals surface area contributed by atoms with E-state index in [1.54, 1.807) is 25.1 Å². The molecule has 0 saturated heterocycles. The van der Waals surface area contributed by atoms with Gasteiger partial charge in [-0.25, -0.2) is 8.42 Å².